The number of nitrogens with zero attached hydrogens (tertiary/aromatic N) is 3. The maximum absolute atomic E-state index is 12.9. The van der Waals surface area contributed by atoms with Gasteiger partial charge in [0.25, 0.3) is 0 Å². The molecule has 0 spiro atoms. The second-order valence-electron chi connectivity index (χ2n) is 9.23. The van der Waals surface area contributed by atoms with Gasteiger partial charge in [0.2, 0.25) is 15.9 Å². The smallest absolute Gasteiger partial charge is 0.242 e. The molecule has 10 heteroatoms. The molecule has 9 nitrogen and oxygen atoms in total. The van der Waals surface area contributed by atoms with E-state index in [1.165, 1.54) is 24.8 Å². The van der Waals surface area contributed by atoms with Crippen molar-refractivity contribution in [1.29, 1.82) is 5.26 Å². The number of anilines is 1. The third-order valence-corrected chi connectivity index (χ3v) is 8.91. The van der Waals surface area contributed by atoms with Gasteiger partial charge < -0.3 is 10.6 Å². The minimum atomic E-state index is -3.50. The van der Waals surface area contributed by atoms with Crippen molar-refractivity contribution in [2.75, 3.05) is 26.0 Å². The lowest BCUT2D eigenvalue weighted by Gasteiger charge is -2.46. The highest BCUT2D eigenvalue weighted by Crippen LogP contribution is 2.42. The second kappa shape index (κ2) is 8.98. The van der Waals surface area contributed by atoms with Crippen molar-refractivity contribution in [3.8, 4) is 6.07 Å². The van der Waals surface area contributed by atoms with Gasteiger partial charge in [-0.25, -0.2) is 23.2 Å². The van der Waals surface area contributed by atoms with E-state index in [0.29, 0.717) is 13.0 Å². The van der Waals surface area contributed by atoms with Crippen LogP contribution in [0.2, 0.25) is 0 Å². The minimum Gasteiger partial charge on any atom is -0.368 e. The van der Waals surface area contributed by atoms with Crippen LogP contribution in [0.3, 0.4) is 0 Å². The zero-order chi connectivity index (χ0) is 22.9. The van der Waals surface area contributed by atoms with Crippen LogP contribution in [-0.4, -0.2) is 62.0 Å². The predicted octanol–water partition coefficient (Wildman–Crippen LogP) is 1.62. The Bertz CT molecular complexity index is 982. The summed E-state index contributed by atoms with van der Waals surface area (Å²) < 4.78 is 25.9. The second-order valence-corrected chi connectivity index (χ2v) is 11.4. The van der Waals surface area contributed by atoms with Gasteiger partial charge in [0.15, 0.2) is 0 Å². The predicted molar refractivity (Wildman–Crippen MR) is 121 cm³/mol. The van der Waals surface area contributed by atoms with Crippen molar-refractivity contribution in [1.82, 2.24) is 20.1 Å². The van der Waals surface area contributed by atoms with Crippen molar-refractivity contribution in [2.45, 2.75) is 67.6 Å². The number of nitrogens with one attached hydrogen (secondary N) is 3. The molecule has 1 saturated carbocycles. The SMILES string of the molecule is CN(C)S(=O)(=O)c1ccc(NC2NN(C3(CC#N)CCCCC3)C3CCNC(=O)C23)cc1. The zero-order valence-corrected chi connectivity index (χ0v) is 19.5. The van der Waals surface area contributed by atoms with Gasteiger partial charge in [0, 0.05) is 37.9 Å². The van der Waals surface area contributed by atoms with Crippen molar-refractivity contribution < 1.29 is 13.2 Å². The number of benzene rings is 1. The highest BCUT2D eigenvalue weighted by molar-refractivity contribution is 7.89. The molecule has 2 heterocycles. The Morgan fingerprint density at radius 1 is 1.22 bits per heavy atom. The van der Waals surface area contributed by atoms with Gasteiger partial charge in [0.1, 0.15) is 6.17 Å². The average molecular weight is 461 g/mol. The van der Waals surface area contributed by atoms with E-state index in [1.54, 1.807) is 24.3 Å². The summed E-state index contributed by atoms with van der Waals surface area (Å²) in [6.45, 7) is 0.630. The number of hydrazine groups is 1. The van der Waals surface area contributed by atoms with E-state index in [1.807, 2.05) is 0 Å². The van der Waals surface area contributed by atoms with E-state index < -0.39 is 10.0 Å². The number of fused-ring (bicyclic) bond motifs is 1. The van der Waals surface area contributed by atoms with Crippen LogP contribution in [0.1, 0.15) is 44.9 Å². The van der Waals surface area contributed by atoms with Crippen molar-refractivity contribution >= 4 is 21.6 Å². The number of hydrogen-bond donors (Lipinski definition) is 3. The Morgan fingerprint density at radius 3 is 2.53 bits per heavy atom. The van der Waals surface area contributed by atoms with Gasteiger partial charge in [-0.1, -0.05) is 19.3 Å². The van der Waals surface area contributed by atoms with Crippen LogP contribution in [0, 0.1) is 17.2 Å². The molecular weight excluding hydrogens is 428 g/mol. The normalized spacial score (nSPS) is 28.1. The van der Waals surface area contributed by atoms with Crippen LogP contribution in [0.15, 0.2) is 29.2 Å². The first kappa shape index (κ1) is 23.0. The van der Waals surface area contributed by atoms with Crippen molar-refractivity contribution in [3.63, 3.8) is 0 Å². The van der Waals surface area contributed by atoms with Gasteiger partial charge in [-0.15, -0.1) is 0 Å². The summed E-state index contributed by atoms with van der Waals surface area (Å²) in [5.74, 6) is -0.296. The summed E-state index contributed by atoms with van der Waals surface area (Å²) in [5.41, 5.74) is 4.03. The Kier molecular flexibility index (Phi) is 6.45. The van der Waals surface area contributed by atoms with Crippen LogP contribution in [0.5, 0.6) is 0 Å². The molecule has 0 aromatic heterocycles. The molecule has 174 valence electrons. The maximum atomic E-state index is 12.9. The van der Waals surface area contributed by atoms with Crippen LogP contribution in [0.4, 0.5) is 5.69 Å². The molecule has 0 radical (unpaired) electrons. The molecular formula is C22H32N6O3S. The molecule has 3 N–H and O–H groups in total. The lowest BCUT2D eigenvalue weighted by atomic mass is 9.77. The van der Waals surface area contributed by atoms with Crippen molar-refractivity contribution in [3.05, 3.63) is 24.3 Å². The Labute approximate surface area is 190 Å². The highest BCUT2D eigenvalue weighted by Gasteiger charge is 2.54. The van der Waals surface area contributed by atoms with E-state index in [-0.39, 0.29) is 34.5 Å². The molecule has 1 aliphatic carbocycles. The largest absolute Gasteiger partial charge is 0.368 e. The summed E-state index contributed by atoms with van der Waals surface area (Å²) in [6.07, 6.45) is 6.18. The number of carbonyl (C=O) groups is 1. The number of hydrogen-bond acceptors (Lipinski definition) is 7. The minimum absolute atomic E-state index is 0.00322. The lowest BCUT2D eigenvalue weighted by molar-refractivity contribution is -0.128. The number of carbonyl (C=O) groups excluding carboxylic acids is 1. The average Bonchev–Trinajstić information content (AvgIpc) is 3.15. The number of nitriles is 1. The third kappa shape index (κ3) is 4.10. The molecule has 3 atom stereocenters. The van der Waals surface area contributed by atoms with E-state index in [2.05, 4.69) is 27.1 Å². The fourth-order valence-corrected chi connectivity index (χ4v) is 6.29. The standard InChI is InChI=1S/C22H32N6O3S/c1-27(2)32(30,31)17-8-6-16(7-9-17)25-20-19-18(10-15-24-21(19)29)28(26-20)22(13-14-23)11-4-3-5-12-22/h6-9,18-20,25-26H,3-5,10-13,15H2,1-2H3,(H,24,29). The first-order chi connectivity index (χ1) is 15.3. The zero-order valence-electron chi connectivity index (χ0n) is 18.7. The summed E-state index contributed by atoms with van der Waals surface area (Å²) in [7, 11) is -0.494. The molecule has 3 unspecified atom stereocenters. The molecule has 1 amide bonds. The van der Waals surface area contributed by atoms with Crippen LogP contribution >= 0.6 is 0 Å². The summed E-state index contributed by atoms with van der Waals surface area (Å²) in [6, 6.07) is 9.00. The Balaban J connectivity index is 1.59. The van der Waals surface area contributed by atoms with E-state index in [4.69, 9.17) is 0 Å². The first-order valence-corrected chi connectivity index (χ1v) is 12.7. The fraction of sp³-hybridized carbons (Fsp3) is 0.636. The number of rotatable bonds is 6. The van der Waals surface area contributed by atoms with Gasteiger partial charge in [-0.05, 0) is 43.5 Å². The van der Waals surface area contributed by atoms with Crippen LogP contribution < -0.4 is 16.1 Å². The monoisotopic (exact) mass is 460 g/mol. The lowest BCUT2D eigenvalue weighted by Crippen LogP contribution is -2.59. The van der Waals surface area contributed by atoms with E-state index in [9.17, 15) is 18.5 Å². The molecule has 1 aromatic carbocycles. The summed E-state index contributed by atoms with van der Waals surface area (Å²) in [5, 5.41) is 18.2. The van der Waals surface area contributed by atoms with Crippen LogP contribution in [0.25, 0.3) is 0 Å². The summed E-state index contributed by atoms with van der Waals surface area (Å²) in [4.78, 5) is 13.1. The molecule has 0 bridgehead atoms. The fourth-order valence-electron chi connectivity index (χ4n) is 5.39. The van der Waals surface area contributed by atoms with Gasteiger partial charge in [-0.2, -0.15) is 5.26 Å². The van der Waals surface area contributed by atoms with Gasteiger partial charge in [-0.3, -0.25) is 4.79 Å². The number of piperidine rings is 1. The van der Waals surface area contributed by atoms with E-state index >= 15 is 0 Å². The van der Waals surface area contributed by atoms with Crippen LogP contribution in [-0.2, 0) is 14.8 Å². The van der Waals surface area contributed by atoms with Gasteiger partial charge >= 0.3 is 0 Å². The maximum Gasteiger partial charge on any atom is 0.242 e. The third-order valence-electron chi connectivity index (χ3n) is 7.08. The molecule has 1 aromatic rings. The molecule has 3 aliphatic rings. The molecule has 32 heavy (non-hydrogen) atoms. The summed E-state index contributed by atoms with van der Waals surface area (Å²) >= 11 is 0. The quantitative estimate of drug-likeness (QED) is 0.590. The first-order valence-electron chi connectivity index (χ1n) is 11.3. The topological polar surface area (TPSA) is 118 Å². The number of sulfonamides is 1. The highest BCUT2D eigenvalue weighted by atomic mass is 32.2. The Morgan fingerprint density at radius 2 is 1.91 bits per heavy atom. The molecule has 2 aliphatic heterocycles. The Hall–Kier alpha value is -2.19. The van der Waals surface area contributed by atoms with E-state index in [0.717, 1.165) is 37.8 Å². The molecule has 2 saturated heterocycles. The molecule has 3 fully saturated rings. The van der Waals surface area contributed by atoms with Crippen molar-refractivity contribution in [2.24, 2.45) is 5.92 Å². The van der Waals surface area contributed by atoms with Gasteiger partial charge in [0.05, 0.1) is 23.3 Å². The molecule has 4 rings (SSSR count). The number of amides is 1.